The molecule has 29 heavy (non-hydrogen) atoms. The second-order valence-electron chi connectivity index (χ2n) is 8.48. The molecule has 1 saturated carbocycles. The maximum absolute atomic E-state index is 13.4. The Kier molecular flexibility index (Phi) is 8.43. The highest BCUT2D eigenvalue weighted by molar-refractivity contribution is 6.09. The monoisotopic (exact) mass is 395 g/mol. The van der Waals surface area contributed by atoms with Gasteiger partial charge in [-0.15, -0.1) is 0 Å². The SMILES string of the molecule is C=C(OCCCC)C1=C(C)/C(=C/N=C(C)C)[C@@H](C)C(=C)C(C2CCCC2)=CC1=O. The van der Waals surface area contributed by atoms with Crippen LogP contribution in [0, 0.1) is 11.8 Å². The molecule has 0 spiro atoms. The van der Waals surface area contributed by atoms with Gasteiger partial charge in [0.25, 0.3) is 0 Å². The number of carbonyl (C=O) groups excluding carboxylic acids is 1. The van der Waals surface area contributed by atoms with Gasteiger partial charge in [0.05, 0.1) is 12.2 Å². The standard InChI is InChI=1S/C26H37NO2/c1-8-9-14-29-21(7)26-20(6)24(16-27-17(2)3)19(5)18(4)23(15-25(26)28)22-12-10-11-13-22/h15-16,19,22H,4,7-14H2,1-3,5-6H3/b23-15?,24-16+,26-20?/t19-/m0/s1. The Morgan fingerprint density at radius 1 is 1.31 bits per heavy atom. The van der Waals surface area contributed by atoms with Crippen molar-refractivity contribution in [3.63, 3.8) is 0 Å². The van der Waals surface area contributed by atoms with E-state index in [-0.39, 0.29) is 11.7 Å². The van der Waals surface area contributed by atoms with Gasteiger partial charge in [-0.3, -0.25) is 9.79 Å². The Morgan fingerprint density at radius 3 is 2.55 bits per heavy atom. The highest BCUT2D eigenvalue weighted by Gasteiger charge is 2.31. The molecule has 2 rings (SSSR count). The summed E-state index contributed by atoms with van der Waals surface area (Å²) in [4.78, 5) is 17.9. The topological polar surface area (TPSA) is 38.7 Å². The molecule has 0 aromatic rings. The molecule has 0 radical (unpaired) electrons. The fourth-order valence-corrected chi connectivity index (χ4v) is 4.18. The largest absolute Gasteiger partial charge is 0.493 e. The third-order valence-corrected chi connectivity index (χ3v) is 6.01. The van der Waals surface area contributed by atoms with Crippen molar-refractivity contribution in [1.29, 1.82) is 0 Å². The summed E-state index contributed by atoms with van der Waals surface area (Å²) in [6.07, 6.45) is 10.4. The number of unbranched alkanes of at least 4 members (excludes halogenated alkanes) is 1. The molecule has 0 N–H and O–H groups in total. The highest BCUT2D eigenvalue weighted by atomic mass is 16.5. The van der Waals surface area contributed by atoms with E-state index < -0.39 is 0 Å². The molecule has 0 saturated heterocycles. The molecular formula is C26H37NO2. The van der Waals surface area contributed by atoms with Crippen LogP contribution in [-0.2, 0) is 9.53 Å². The molecule has 0 aromatic heterocycles. The van der Waals surface area contributed by atoms with Gasteiger partial charge in [0.15, 0.2) is 5.78 Å². The highest BCUT2D eigenvalue weighted by Crippen LogP contribution is 2.42. The van der Waals surface area contributed by atoms with Crippen LogP contribution < -0.4 is 0 Å². The predicted molar refractivity (Wildman–Crippen MR) is 123 cm³/mol. The molecule has 2 aliphatic rings. The van der Waals surface area contributed by atoms with Gasteiger partial charge in [-0.05, 0) is 74.3 Å². The summed E-state index contributed by atoms with van der Waals surface area (Å²) in [6.45, 7) is 19.3. The van der Waals surface area contributed by atoms with Crippen molar-refractivity contribution in [1.82, 2.24) is 0 Å². The van der Waals surface area contributed by atoms with Gasteiger partial charge < -0.3 is 4.74 Å². The molecule has 0 aromatic carbocycles. The summed E-state index contributed by atoms with van der Waals surface area (Å²) in [5.41, 5.74) is 5.60. The van der Waals surface area contributed by atoms with Gasteiger partial charge >= 0.3 is 0 Å². The Morgan fingerprint density at radius 2 is 1.97 bits per heavy atom. The molecule has 0 amide bonds. The molecule has 158 valence electrons. The number of hydrogen-bond acceptors (Lipinski definition) is 3. The van der Waals surface area contributed by atoms with Gasteiger partial charge in [-0.2, -0.15) is 0 Å². The summed E-state index contributed by atoms with van der Waals surface area (Å²) in [5, 5.41) is 0. The van der Waals surface area contributed by atoms with E-state index in [1.807, 2.05) is 33.0 Å². The average molecular weight is 396 g/mol. The molecular weight excluding hydrogens is 358 g/mol. The van der Waals surface area contributed by atoms with Crippen LogP contribution in [0.3, 0.4) is 0 Å². The zero-order chi connectivity index (χ0) is 21.6. The van der Waals surface area contributed by atoms with E-state index in [1.54, 1.807) is 0 Å². The second-order valence-corrected chi connectivity index (χ2v) is 8.48. The zero-order valence-electron chi connectivity index (χ0n) is 18.9. The lowest BCUT2D eigenvalue weighted by atomic mass is 9.76. The molecule has 0 bridgehead atoms. The first-order valence-electron chi connectivity index (χ1n) is 11.0. The van der Waals surface area contributed by atoms with Crippen molar-refractivity contribution in [2.45, 2.75) is 73.1 Å². The van der Waals surface area contributed by atoms with Gasteiger partial charge in [0.1, 0.15) is 5.76 Å². The molecule has 2 aliphatic carbocycles. The van der Waals surface area contributed by atoms with Crippen LogP contribution in [-0.4, -0.2) is 18.1 Å². The van der Waals surface area contributed by atoms with Crippen molar-refractivity contribution in [3.05, 3.63) is 59.1 Å². The Labute approximate surface area is 177 Å². The number of nitrogens with zero attached hydrogens (tertiary/aromatic N) is 1. The zero-order valence-corrected chi connectivity index (χ0v) is 18.9. The summed E-state index contributed by atoms with van der Waals surface area (Å²) < 4.78 is 5.87. The maximum Gasteiger partial charge on any atom is 0.190 e. The summed E-state index contributed by atoms with van der Waals surface area (Å²) in [7, 11) is 0. The third kappa shape index (κ3) is 5.68. The van der Waals surface area contributed by atoms with E-state index in [9.17, 15) is 4.79 Å². The number of carbonyl (C=O) groups is 1. The first-order chi connectivity index (χ1) is 13.8. The summed E-state index contributed by atoms with van der Waals surface area (Å²) >= 11 is 0. The van der Waals surface area contributed by atoms with Gasteiger partial charge in [0.2, 0.25) is 0 Å². The minimum atomic E-state index is -0.0259. The minimum Gasteiger partial charge on any atom is -0.493 e. The first kappa shape index (κ1) is 23.1. The van der Waals surface area contributed by atoms with Crippen LogP contribution in [0.4, 0.5) is 0 Å². The number of ether oxygens (including phenoxy) is 1. The smallest absolute Gasteiger partial charge is 0.190 e. The van der Waals surface area contributed by atoms with Crippen LogP contribution >= 0.6 is 0 Å². The van der Waals surface area contributed by atoms with Crippen molar-refractivity contribution < 1.29 is 9.53 Å². The number of aliphatic imine (C=N–C) groups is 1. The lowest BCUT2D eigenvalue weighted by Crippen LogP contribution is -2.19. The molecule has 0 heterocycles. The Hall–Kier alpha value is -2.16. The van der Waals surface area contributed by atoms with Crippen molar-refractivity contribution >= 4 is 11.5 Å². The van der Waals surface area contributed by atoms with E-state index >= 15 is 0 Å². The minimum absolute atomic E-state index is 0.0259. The Balaban J connectivity index is 2.58. The van der Waals surface area contributed by atoms with Crippen molar-refractivity contribution in [2.24, 2.45) is 16.8 Å². The van der Waals surface area contributed by atoms with Gasteiger partial charge in [-0.1, -0.05) is 46.3 Å². The molecule has 1 atom stereocenters. The van der Waals surface area contributed by atoms with Crippen molar-refractivity contribution in [2.75, 3.05) is 6.61 Å². The number of ketones is 1. The average Bonchev–Trinajstić information content (AvgIpc) is 3.19. The van der Waals surface area contributed by atoms with Crippen LogP contribution in [0.25, 0.3) is 0 Å². The molecule has 1 fully saturated rings. The van der Waals surface area contributed by atoms with Crippen molar-refractivity contribution in [3.8, 4) is 0 Å². The van der Waals surface area contributed by atoms with Crippen LogP contribution in [0.1, 0.15) is 73.1 Å². The van der Waals surface area contributed by atoms with Crippen LogP contribution in [0.15, 0.2) is 64.1 Å². The Bertz CT molecular complexity index is 782. The third-order valence-electron chi connectivity index (χ3n) is 6.01. The van der Waals surface area contributed by atoms with Crippen LogP contribution in [0.2, 0.25) is 0 Å². The van der Waals surface area contributed by atoms with E-state index in [4.69, 9.17) is 4.74 Å². The fraction of sp³-hybridized carbons (Fsp3) is 0.538. The van der Waals surface area contributed by atoms with E-state index in [0.29, 0.717) is 23.9 Å². The molecule has 0 unspecified atom stereocenters. The lowest BCUT2D eigenvalue weighted by Gasteiger charge is -2.28. The molecule has 3 heteroatoms. The van der Waals surface area contributed by atoms with E-state index in [1.165, 1.54) is 12.8 Å². The molecule has 0 aliphatic heterocycles. The predicted octanol–water partition coefficient (Wildman–Crippen LogP) is 6.89. The normalized spacial score (nSPS) is 22.4. The quantitative estimate of drug-likeness (QED) is 0.267. The maximum atomic E-state index is 13.4. The van der Waals surface area contributed by atoms with Crippen LogP contribution in [0.5, 0.6) is 0 Å². The summed E-state index contributed by atoms with van der Waals surface area (Å²) in [6, 6.07) is 0. The van der Waals surface area contributed by atoms with Gasteiger partial charge in [-0.25, -0.2) is 0 Å². The van der Waals surface area contributed by atoms with Gasteiger partial charge in [0, 0.05) is 17.8 Å². The lowest BCUT2D eigenvalue weighted by molar-refractivity contribution is -0.111. The first-order valence-corrected chi connectivity index (χ1v) is 11.0. The number of hydrogen-bond donors (Lipinski definition) is 0. The van der Waals surface area contributed by atoms with E-state index in [0.717, 1.165) is 53.7 Å². The van der Waals surface area contributed by atoms with E-state index in [2.05, 4.69) is 32.0 Å². The number of allylic oxidation sites excluding steroid dienone is 6. The summed E-state index contributed by atoms with van der Waals surface area (Å²) in [5.74, 6) is 0.935. The fourth-order valence-electron chi connectivity index (χ4n) is 4.18. The molecule has 3 nitrogen and oxygen atoms in total. The number of rotatable bonds is 7. The second kappa shape index (κ2) is 10.6.